The van der Waals surface area contributed by atoms with Crippen molar-refractivity contribution in [3.05, 3.63) is 34.9 Å². The van der Waals surface area contributed by atoms with E-state index in [2.05, 4.69) is 20.8 Å². The van der Waals surface area contributed by atoms with Crippen molar-refractivity contribution < 1.29 is 4.74 Å². The summed E-state index contributed by atoms with van der Waals surface area (Å²) < 4.78 is 5.86. The minimum absolute atomic E-state index is 0.112. The molecule has 1 saturated heterocycles. The van der Waals surface area contributed by atoms with Gasteiger partial charge in [0.2, 0.25) is 0 Å². The summed E-state index contributed by atoms with van der Waals surface area (Å²) in [6.45, 7) is 6.49. The second-order valence-electron chi connectivity index (χ2n) is 5.33. The number of hydrogen-bond acceptors (Lipinski definition) is 1. The first kappa shape index (κ1) is 14.2. The lowest BCUT2D eigenvalue weighted by atomic mass is 9.84. The molecule has 1 aromatic carbocycles. The van der Waals surface area contributed by atoms with Gasteiger partial charge in [0.25, 0.3) is 0 Å². The van der Waals surface area contributed by atoms with Gasteiger partial charge in [0.05, 0.1) is 12.2 Å². The van der Waals surface area contributed by atoms with Gasteiger partial charge in [-0.25, -0.2) is 0 Å². The molecular weight excluding hydrogens is 267 g/mol. The molecule has 0 radical (unpaired) electrons. The maximum absolute atomic E-state index is 6.60. The predicted molar refractivity (Wildman–Crippen MR) is 77.5 cm³/mol. The fraction of sp³-hybridized carbons (Fsp3) is 0.600. The standard InChI is InChI=1S/C15H20Cl2O/c1-9-10(2)18-11(3)15(9)14(17)8-12-4-6-13(16)7-5-12/h4-7,9-11,14-15H,8H2,1-3H3. The SMILES string of the molecule is CC1OC(C)C(C(Cl)Cc2ccc(Cl)cc2)C1C. The number of halogens is 2. The van der Waals surface area contributed by atoms with Gasteiger partial charge in [-0.05, 0) is 43.9 Å². The molecule has 0 saturated carbocycles. The molecule has 5 unspecified atom stereocenters. The number of benzene rings is 1. The van der Waals surface area contributed by atoms with Gasteiger partial charge < -0.3 is 4.74 Å². The Morgan fingerprint density at radius 3 is 2.22 bits per heavy atom. The maximum atomic E-state index is 6.60. The monoisotopic (exact) mass is 286 g/mol. The van der Waals surface area contributed by atoms with E-state index in [1.165, 1.54) is 5.56 Å². The Balaban J connectivity index is 2.03. The number of alkyl halides is 1. The van der Waals surface area contributed by atoms with Crippen molar-refractivity contribution in [1.82, 2.24) is 0 Å². The molecule has 1 fully saturated rings. The van der Waals surface area contributed by atoms with Crippen LogP contribution in [-0.2, 0) is 11.2 Å². The van der Waals surface area contributed by atoms with Crippen LogP contribution in [-0.4, -0.2) is 17.6 Å². The highest BCUT2D eigenvalue weighted by Crippen LogP contribution is 2.37. The lowest BCUT2D eigenvalue weighted by Gasteiger charge is -2.24. The molecular formula is C15H20Cl2O. The summed E-state index contributed by atoms with van der Waals surface area (Å²) >= 11 is 12.5. The zero-order valence-corrected chi connectivity index (χ0v) is 12.6. The van der Waals surface area contributed by atoms with Crippen LogP contribution in [0.2, 0.25) is 5.02 Å². The quantitative estimate of drug-likeness (QED) is 0.741. The van der Waals surface area contributed by atoms with Gasteiger partial charge >= 0.3 is 0 Å². The van der Waals surface area contributed by atoms with Crippen LogP contribution in [0.15, 0.2) is 24.3 Å². The van der Waals surface area contributed by atoms with Crippen LogP contribution >= 0.6 is 23.2 Å². The van der Waals surface area contributed by atoms with Crippen LogP contribution in [0.4, 0.5) is 0 Å². The Morgan fingerprint density at radius 1 is 1.11 bits per heavy atom. The van der Waals surface area contributed by atoms with E-state index in [0.29, 0.717) is 17.9 Å². The van der Waals surface area contributed by atoms with Gasteiger partial charge in [-0.1, -0.05) is 30.7 Å². The van der Waals surface area contributed by atoms with Gasteiger partial charge in [0, 0.05) is 16.3 Å². The van der Waals surface area contributed by atoms with Crippen molar-refractivity contribution in [2.24, 2.45) is 11.8 Å². The number of rotatable bonds is 3. The van der Waals surface area contributed by atoms with Crippen LogP contribution in [0.5, 0.6) is 0 Å². The van der Waals surface area contributed by atoms with E-state index in [-0.39, 0.29) is 11.5 Å². The summed E-state index contributed by atoms with van der Waals surface area (Å²) in [4.78, 5) is 0. The van der Waals surface area contributed by atoms with Crippen molar-refractivity contribution in [3.63, 3.8) is 0 Å². The molecule has 3 heteroatoms. The van der Waals surface area contributed by atoms with Crippen molar-refractivity contribution in [3.8, 4) is 0 Å². The second-order valence-corrected chi connectivity index (χ2v) is 6.33. The molecule has 100 valence electrons. The van der Waals surface area contributed by atoms with Crippen LogP contribution in [0, 0.1) is 11.8 Å². The van der Waals surface area contributed by atoms with E-state index in [4.69, 9.17) is 27.9 Å². The zero-order chi connectivity index (χ0) is 13.3. The zero-order valence-electron chi connectivity index (χ0n) is 11.1. The van der Waals surface area contributed by atoms with E-state index in [0.717, 1.165) is 11.4 Å². The lowest BCUT2D eigenvalue weighted by molar-refractivity contribution is 0.0508. The second kappa shape index (κ2) is 5.81. The highest BCUT2D eigenvalue weighted by Gasteiger charge is 2.40. The van der Waals surface area contributed by atoms with E-state index in [1.807, 2.05) is 24.3 Å². The molecule has 0 N–H and O–H groups in total. The molecule has 0 amide bonds. The summed E-state index contributed by atoms with van der Waals surface area (Å²) in [5, 5.41) is 0.880. The molecule has 0 bridgehead atoms. The summed E-state index contributed by atoms with van der Waals surface area (Å²) in [7, 11) is 0. The van der Waals surface area contributed by atoms with E-state index < -0.39 is 0 Å². The van der Waals surface area contributed by atoms with Gasteiger partial charge in [-0.15, -0.1) is 11.6 Å². The molecule has 1 aromatic rings. The van der Waals surface area contributed by atoms with Gasteiger partial charge in [-0.3, -0.25) is 0 Å². The normalized spacial score (nSPS) is 33.6. The fourth-order valence-corrected chi connectivity index (χ4v) is 3.64. The van der Waals surface area contributed by atoms with E-state index >= 15 is 0 Å². The van der Waals surface area contributed by atoms with E-state index in [1.54, 1.807) is 0 Å². The summed E-state index contributed by atoms with van der Waals surface area (Å²) in [6, 6.07) is 7.93. The average Bonchev–Trinajstić information content (AvgIpc) is 2.56. The van der Waals surface area contributed by atoms with Gasteiger partial charge in [0.1, 0.15) is 0 Å². The minimum Gasteiger partial charge on any atom is -0.375 e. The Bertz CT molecular complexity index is 390. The molecule has 0 aromatic heterocycles. The number of ether oxygens (including phenoxy) is 1. The Morgan fingerprint density at radius 2 is 1.72 bits per heavy atom. The van der Waals surface area contributed by atoms with E-state index in [9.17, 15) is 0 Å². The first-order valence-corrected chi connectivity index (χ1v) is 7.34. The summed E-state index contributed by atoms with van der Waals surface area (Å²) in [5.74, 6) is 0.923. The maximum Gasteiger partial charge on any atom is 0.0596 e. The van der Waals surface area contributed by atoms with Crippen LogP contribution in [0.1, 0.15) is 26.3 Å². The van der Waals surface area contributed by atoms with Crippen LogP contribution in [0.3, 0.4) is 0 Å². The van der Waals surface area contributed by atoms with Gasteiger partial charge in [0.15, 0.2) is 0 Å². The van der Waals surface area contributed by atoms with Crippen molar-refractivity contribution in [2.75, 3.05) is 0 Å². The first-order valence-electron chi connectivity index (χ1n) is 6.53. The van der Waals surface area contributed by atoms with Crippen molar-refractivity contribution in [1.29, 1.82) is 0 Å². The smallest absolute Gasteiger partial charge is 0.0596 e. The molecule has 1 heterocycles. The van der Waals surface area contributed by atoms with Gasteiger partial charge in [-0.2, -0.15) is 0 Å². The third-order valence-electron chi connectivity index (χ3n) is 4.08. The third kappa shape index (κ3) is 3.01. The molecule has 1 nitrogen and oxygen atoms in total. The molecule has 0 spiro atoms. The topological polar surface area (TPSA) is 9.23 Å². The first-order chi connectivity index (χ1) is 8.49. The Labute approximate surface area is 119 Å². The molecule has 1 aliphatic rings. The molecule has 0 aliphatic carbocycles. The summed E-state index contributed by atoms with van der Waals surface area (Å²) in [6.07, 6.45) is 1.41. The Hall–Kier alpha value is -0.240. The van der Waals surface area contributed by atoms with Crippen molar-refractivity contribution in [2.45, 2.75) is 44.8 Å². The largest absolute Gasteiger partial charge is 0.375 e. The summed E-state index contributed by atoms with van der Waals surface area (Å²) in [5.41, 5.74) is 1.23. The average molecular weight is 287 g/mol. The molecule has 5 atom stereocenters. The number of hydrogen-bond donors (Lipinski definition) is 0. The highest BCUT2D eigenvalue weighted by atomic mass is 35.5. The molecule has 2 rings (SSSR count). The lowest BCUT2D eigenvalue weighted by Crippen LogP contribution is -2.28. The highest BCUT2D eigenvalue weighted by molar-refractivity contribution is 6.30. The molecule has 18 heavy (non-hydrogen) atoms. The Kier molecular flexibility index (Phi) is 4.58. The predicted octanol–water partition coefficient (Wildman–Crippen LogP) is 4.55. The molecule has 1 aliphatic heterocycles. The minimum atomic E-state index is 0.112. The fourth-order valence-electron chi connectivity index (χ4n) is 2.90. The third-order valence-corrected chi connectivity index (χ3v) is 4.78. The van der Waals surface area contributed by atoms with Crippen LogP contribution < -0.4 is 0 Å². The van der Waals surface area contributed by atoms with Crippen LogP contribution in [0.25, 0.3) is 0 Å². The van der Waals surface area contributed by atoms with Crippen molar-refractivity contribution >= 4 is 23.2 Å².